The number of hydrogen-bond acceptors (Lipinski definition) is 0. The van der Waals surface area contributed by atoms with E-state index in [1.807, 2.05) is 19.1 Å². The Labute approximate surface area is 78.9 Å². The van der Waals surface area contributed by atoms with Crippen molar-refractivity contribution in [3.63, 3.8) is 0 Å². The fourth-order valence-corrected chi connectivity index (χ4v) is 1.13. The molecule has 0 heterocycles. The van der Waals surface area contributed by atoms with E-state index in [4.69, 9.17) is 11.6 Å². The zero-order valence-electron chi connectivity index (χ0n) is 7.47. The highest BCUT2D eigenvalue weighted by atomic mass is 35.5. The van der Waals surface area contributed by atoms with Crippen LogP contribution in [0.1, 0.15) is 18.1 Å². The van der Waals surface area contributed by atoms with Gasteiger partial charge in [-0.15, -0.1) is 11.6 Å². The minimum atomic E-state index is 0.605. The summed E-state index contributed by atoms with van der Waals surface area (Å²) < 4.78 is 0. The van der Waals surface area contributed by atoms with Gasteiger partial charge in [0.1, 0.15) is 0 Å². The Balaban J connectivity index is 2.96. The van der Waals surface area contributed by atoms with E-state index in [1.165, 1.54) is 16.7 Å². The lowest BCUT2D eigenvalue weighted by atomic mass is 10.1. The first-order chi connectivity index (χ1) is 5.74. The molecule has 0 saturated carbocycles. The van der Waals surface area contributed by atoms with Crippen LogP contribution in [0.3, 0.4) is 0 Å². The van der Waals surface area contributed by atoms with Crippen molar-refractivity contribution in [1.82, 2.24) is 0 Å². The molecule has 0 aliphatic heterocycles. The third-order valence-corrected chi connectivity index (χ3v) is 2.22. The van der Waals surface area contributed by atoms with Crippen LogP contribution in [0.2, 0.25) is 0 Å². The van der Waals surface area contributed by atoms with Gasteiger partial charge in [-0.3, -0.25) is 0 Å². The molecule has 1 aromatic rings. The number of alkyl halides is 1. The average Bonchev–Trinajstić information content (AvgIpc) is 2.09. The molecule has 0 aromatic heterocycles. The Bertz CT molecular complexity index is 287. The molecule has 0 bridgehead atoms. The molecular formula is C11H13Cl. The largest absolute Gasteiger partial charge is 0.122 e. The summed E-state index contributed by atoms with van der Waals surface area (Å²) in [5, 5.41) is 0. The first kappa shape index (κ1) is 9.34. The van der Waals surface area contributed by atoms with Gasteiger partial charge in [0.25, 0.3) is 0 Å². The van der Waals surface area contributed by atoms with Crippen molar-refractivity contribution >= 4 is 17.7 Å². The first-order valence-corrected chi connectivity index (χ1v) is 4.56. The monoisotopic (exact) mass is 180 g/mol. The van der Waals surface area contributed by atoms with E-state index < -0.39 is 0 Å². The Morgan fingerprint density at radius 1 is 1.42 bits per heavy atom. The zero-order valence-corrected chi connectivity index (χ0v) is 8.23. The van der Waals surface area contributed by atoms with E-state index >= 15 is 0 Å². The molecular weight excluding hydrogens is 168 g/mol. The molecule has 1 heteroatoms. The predicted molar refractivity (Wildman–Crippen MR) is 55.6 cm³/mol. The SMILES string of the molecule is CC(=Cc1ccccc1C)CCl. The molecule has 0 aliphatic rings. The van der Waals surface area contributed by atoms with Crippen LogP contribution in [0.25, 0.3) is 6.08 Å². The summed E-state index contributed by atoms with van der Waals surface area (Å²) in [6, 6.07) is 8.29. The van der Waals surface area contributed by atoms with Crippen LogP contribution in [0.15, 0.2) is 29.8 Å². The summed E-state index contributed by atoms with van der Waals surface area (Å²) in [4.78, 5) is 0. The maximum atomic E-state index is 5.69. The van der Waals surface area contributed by atoms with Gasteiger partial charge in [-0.25, -0.2) is 0 Å². The van der Waals surface area contributed by atoms with Crippen LogP contribution < -0.4 is 0 Å². The molecule has 0 unspecified atom stereocenters. The number of halogens is 1. The molecule has 0 atom stereocenters. The zero-order chi connectivity index (χ0) is 8.97. The lowest BCUT2D eigenvalue weighted by molar-refractivity contribution is 1.39. The van der Waals surface area contributed by atoms with E-state index in [-0.39, 0.29) is 0 Å². The highest BCUT2D eigenvalue weighted by Crippen LogP contribution is 2.12. The van der Waals surface area contributed by atoms with E-state index in [9.17, 15) is 0 Å². The van der Waals surface area contributed by atoms with Gasteiger partial charge in [0.15, 0.2) is 0 Å². The fourth-order valence-electron chi connectivity index (χ4n) is 1.05. The fraction of sp³-hybridized carbons (Fsp3) is 0.273. The third kappa shape index (κ3) is 2.38. The standard InChI is InChI=1S/C11H13Cl/c1-9(8-12)7-11-6-4-3-5-10(11)2/h3-7H,8H2,1-2H3. The summed E-state index contributed by atoms with van der Waals surface area (Å²) in [7, 11) is 0. The lowest BCUT2D eigenvalue weighted by Crippen LogP contribution is -1.81. The van der Waals surface area contributed by atoms with Gasteiger partial charge >= 0.3 is 0 Å². The van der Waals surface area contributed by atoms with Gasteiger partial charge < -0.3 is 0 Å². The van der Waals surface area contributed by atoms with Crippen molar-refractivity contribution in [3.8, 4) is 0 Å². The molecule has 0 nitrogen and oxygen atoms in total. The van der Waals surface area contributed by atoms with Gasteiger partial charge in [0.05, 0.1) is 0 Å². The number of aryl methyl sites for hydroxylation is 1. The Morgan fingerprint density at radius 2 is 2.08 bits per heavy atom. The molecule has 64 valence electrons. The van der Waals surface area contributed by atoms with E-state index in [0.29, 0.717) is 5.88 Å². The van der Waals surface area contributed by atoms with Gasteiger partial charge in [0, 0.05) is 5.88 Å². The van der Waals surface area contributed by atoms with Crippen molar-refractivity contribution in [2.75, 3.05) is 5.88 Å². The maximum absolute atomic E-state index is 5.69. The van der Waals surface area contributed by atoms with E-state index in [2.05, 4.69) is 25.1 Å². The predicted octanol–water partition coefficient (Wildman–Crippen LogP) is 3.64. The Hall–Kier alpha value is -0.750. The summed E-state index contributed by atoms with van der Waals surface area (Å²) in [5.74, 6) is 0.605. The second kappa shape index (κ2) is 4.32. The number of benzene rings is 1. The van der Waals surface area contributed by atoms with Crippen LogP contribution >= 0.6 is 11.6 Å². The lowest BCUT2D eigenvalue weighted by Gasteiger charge is -2.00. The highest BCUT2D eigenvalue weighted by molar-refractivity contribution is 6.19. The van der Waals surface area contributed by atoms with E-state index in [0.717, 1.165) is 0 Å². The second-order valence-corrected chi connectivity index (χ2v) is 3.25. The molecule has 0 amide bonds. The minimum absolute atomic E-state index is 0.605. The Kier molecular flexibility index (Phi) is 3.36. The molecule has 0 fully saturated rings. The van der Waals surface area contributed by atoms with Gasteiger partial charge in [-0.1, -0.05) is 35.9 Å². The van der Waals surface area contributed by atoms with E-state index in [1.54, 1.807) is 0 Å². The molecule has 1 aromatic carbocycles. The van der Waals surface area contributed by atoms with Crippen LogP contribution in [-0.2, 0) is 0 Å². The summed E-state index contributed by atoms with van der Waals surface area (Å²) in [6.45, 7) is 4.15. The summed E-state index contributed by atoms with van der Waals surface area (Å²) in [5.41, 5.74) is 3.75. The number of rotatable bonds is 2. The molecule has 0 aliphatic carbocycles. The molecule has 12 heavy (non-hydrogen) atoms. The minimum Gasteiger partial charge on any atom is -0.122 e. The van der Waals surface area contributed by atoms with Crippen molar-refractivity contribution in [3.05, 3.63) is 41.0 Å². The topological polar surface area (TPSA) is 0 Å². The van der Waals surface area contributed by atoms with Gasteiger partial charge in [0.2, 0.25) is 0 Å². The average molecular weight is 181 g/mol. The second-order valence-electron chi connectivity index (χ2n) is 2.98. The molecule has 1 rings (SSSR count). The van der Waals surface area contributed by atoms with Crippen LogP contribution in [0, 0.1) is 6.92 Å². The maximum Gasteiger partial charge on any atom is 0.0434 e. The van der Waals surface area contributed by atoms with Crippen molar-refractivity contribution in [1.29, 1.82) is 0 Å². The quantitative estimate of drug-likeness (QED) is 0.610. The Morgan fingerprint density at radius 3 is 2.67 bits per heavy atom. The molecule has 0 radical (unpaired) electrons. The normalized spacial score (nSPS) is 11.8. The third-order valence-electron chi connectivity index (χ3n) is 1.80. The van der Waals surface area contributed by atoms with Crippen LogP contribution in [0.4, 0.5) is 0 Å². The smallest absolute Gasteiger partial charge is 0.0434 e. The van der Waals surface area contributed by atoms with Crippen molar-refractivity contribution in [2.45, 2.75) is 13.8 Å². The van der Waals surface area contributed by atoms with Crippen molar-refractivity contribution < 1.29 is 0 Å². The first-order valence-electron chi connectivity index (χ1n) is 4.03. The highest BCUT2D eigenvalue weighted by Gasteiger charge is 1.92. The summed E-state index contributed by atoms with van der Waals surface area (Å²) >= 11 is 5.69. The van der Waals surface area contributed by atoms with Gasteiger partial charge in [-0.05, 0) is 25.0 Å². The number of hydrogen-bond donors (Lipinski definition) is 0. The van der Waals surface area contributed by atoms with Gasteiger partial charge in [-0.2, -0.15) is 0 Å². The van der Waals surface area contributed by atoms with Crippen molar-refractivity contribution in [2.24, 2.45) is 0 Å². The van der Waals surface area contributed by atoms with Crippen LogP contribution in [0.5, 0.6) is 0 Å². The van der Waals surface area contributed by atoms with Crippen LogP contribution in [-0.4, -0.2) is 5.88 Å². The summed E-state index contributed by atoms with van der Waals surface area (Å²) in [6.07, 6.45) is 2.13. The molecule has 0 spiro atoms. The number of allylic oxidation sites excluding steroid dienone is 1. The molecule has 0 saturated heterocycles. The molecule has 0 N–H and O–H groups in total.